The Labute approximate surface area is 176 Å². The third kappa shape index (κ3) is 7.88. The van der Waals surface area contributed by atoms with Crippen LogP contribution in [0.15, 0.2) is 40.9 Å². The largest absolute Gasteiger partial charge is 0.481 e. The molecule has 1 atom stereocenters. The summed E-state index contributed by atoms with van der Waals surface area (Å²) in [5.74, 6) is -2.80. The van der Waals surface area contributed by atoms with Gasteiger partial charge in [-0.3, -0.25) is 4.79 Å². The van der Waals surface area contributed by atoms with Gasteiger partial charge >= 0.3 is 18.1 Å². The predicted molar refractivity (Wildman–Crippen MR) is 103 cm³/mol. The van der Waals surface area contributed by atoms with E-state index in [0.29, 0.717) is 12.2 Å². The first-order chi connectivity index (χ1) is 14.6. The van der Waals surface area contributed by atoms with E-state index in [1.807, 2.05) is 24.3 Å². The van der Waals surface area contributed by atoms with Crippen LogP contribution in [-0.4, -0.2) is 39.5 Å². The monoisotopic (exact) mass is 440 g/mol. The molecule has 7 nitrogen and oxygen atoms in total. The lowest BCUT2D eigenvalue weighted by atomic mass is 10.0. The topological polar surface area (TPSA) is 103 Å². The van der Waals surface area contributed by atoms with Crippen molar-refractivity contribution in [2.75, 3.05) is 0 Å². The molecule has 0 aliphatic heterocycles. The third-order valence-electron chi connectivity index (χ3n) is 4.34. The molecule has 0 bridgehead atoms. The summed E-state index contributed by atoms with van der Waals surface area (Å²) in [6.07, 6.45) is -5.90. The Morgan fingerprint density at radius 3 is 2.45 bits per heavy atom. The molecule has 0 amide bonds. The maximum absolute atomic E-state index is 12.8. The summed E-state index contributed by atoms with van der Waals surface area (Å²) < 4.78 is 47.7. The van der Waals surface area contributed by atoms with Crippen molar-refractivity contribution in [2.24, 2.45) is 0 Å². The summed E-state index contributed by atoms with van der Waals surface area (Å²) >= 11 is 0. The first-order valence-electron chi connectivity index (χ1n) is 9.65. The van der Waals surface area contributed by atoms with Crippen LogP contribution in [-0.2, 0) is 33.6 Å². The first-order valence-corrected chi connectivity index (χ1v) is 9.65. The molecule has 1 heterocycles. The summed E-state index contributed by atoms with van der Waals surface area (Å²) in [7, 11) is 0. The highest BCUT2D eigenvalue weighted by Crippen LogP contribution is 2.26. The summed E-state index contributed by atoms with van der Waals surface area (Å²) in [6.45, 7) is 5.50. The van der Waals surface area contributed by atoms with E-state index in [-0.39, 0.29) is 17.9 Å². The van der Waals surface area contributed by atoms with E-state index in [1.165, 1.54) is 5.56 Å². The average molecular weight is 440 g/mol. The van der Waals surface area contributed by atoms with Gasteiger partial charge in [0.25, 0.3) is 0 Å². The predicted octanol–water partition coefficient (Wildman–Crippen LogP) is 4.05. The van der Waals surface area contributed by atoms with Crippen molar-refractivity contribution in [3.63, 3.8) is 0 Å². The van der Waals surface area contributed by atoms with Gasteiger partial charge in [-0.2, -0.15) is 18.2 Å². The number of nitrogens with zero attached hydrogens (tertiary/aromatic N) is 2. The number of rotatable bonds is 11. The molecular weight excluding hydrogens is 417 g/mol. The van der Waals surface area contributed by atoms with Crippen molar-refractivity contribution in [3.05, 3.63) is 59.3 Å². The Kier molecular flexibility index (Phi) is 8.35. The van der Waals surface area contributed by atoms with E-state index in [2.05, 4.69) is 28.4 Å². The number of halogens is 3. The second-order valence-electron chi connectivity index (χ2n) is 7.01. The number of aliphatic carboxylic acids is 1. The molecule has 0 fully saturated rings. The number of esters is 1. The molecule has 1 aromatic heterocycles. The minimum absolute atomic E-state index is 0.0155. The van der Waals surface area contributed by atoms with E-state index in [0.717, 1.165) is 24.8 Å². The first kappa shape index (κ1) is 24.1. The van der Waals surface area contributed by atoms with Gasteiger partial charge in [-0.05, 0) is 24.0 Å². The number of aromatic nitrogens is 2. The van der Waals surface area contributed by atoms with Gasteiger partial charge in [0.2, 0.25) is 12.0 Å². The Hall–Kier alpha value is -3.17. The van der Waals surface area contributed by atoms with Crippen LogP contribution in [0.3, 0.4) is 0 Å². The summed E-state index contributed by atoms with van der Waals surface area (Å²) in [4.78, 5) is 26.6. The zero-order chi connectivity index (χ0) is 23.0. The number of carbonyl (C=O) groups excluding carboxylic acids is 1. The highest BCUT2D eigenvalue weighted by molar-refractivity contribution is 5.88. The van der Waals surface area contributed by atoms with Crippen LogP contribution < -0.4 is 0 Å². The molecule has 0 unspecified atom stereocenters. The number of aryl methyl sites for hydroxylation is 1. The standard InChI is InChI=1S/C21H23F3N2O5/c1-3-4-5-14-6-8-15(9-7-14)11-17-25-18(31-26-17)10-13(2)20(29)30-16(12-19(27)28)21(22,23)24/h6-9,16H,2-5,10-12H2,1H3,(H,27,28)/t16-/m0/s1. The second-order valence-corrected chi connectivity index (χ2v) is 7.01. The van der Waals surface area contributed by atoms with Crippen LogP contribution in [0.4, 0.5) is 13.2 Å². The number of ether oxygens (including phenoxy) is 1. The molecule has 0 radical (unpaired) electrons. The number of carboxylic acids is 1. The van der Waals surface area contributed by atoms with E-state index in [4.69, 9.17) is 9.63 Å². The van der Waals surface area contributed by atoms with Gasteiger partial charge in [0, 0.05) is 12.0 Å². The molecule has 2 rings (SSSR count). The molecule has 10 heteroatoms. The maximum Gasteiger partial charge on any atom is 0.426 e. The second kappa shape index (κ2) is 10.7. The highest BCUT2D eigenvalue weighted by atomic mass is 19.4. The smallest absolute Gasteiger partial charge is 0.426 e. The van der Waals surface area contributed by atoms with Crippen LogP contribution in [0, 0.1) is 0 Å². The normalized spacial score (nSPS) is 12.4. The van der Waals surface area contributed by atoms with Gasteiger partial charge in [0.15, 0.2) is 5.82 Å². The van der Waals surface area contributed by atoms with Crippen molar-refractivity contribution in [2.45, 2.75) is 57.7 Å². The minimum atomic E-state index is -5.02. The van der Waals surface area contributed by atoms with Crippen LogP contribution in [0.5, 0.6) is 0 Å². The third-order valence-corrected chi connectivity index (χ3v) is 4.34. The number of alkyl halides is 3. The Morgan fingerprint density at radius 2 is 1.87 bits per heavy atom. The van der Waals surface area contributed by atoms with E-state index >= 15 is 0 Å². The Balaban J connectivity index is 1.93. The average Bonchev–Trinajstić information content (AvgIpc) is 3.12. The fraction of sp³-hybridized carbons (Fsp3) is 0.429. The van der Waals surface area contributed by atoms with Gasteiger partial charge in [0.1, 0.15) is 0 Å². The molecule has 168 valence electrons. The number of hydrogen-bond acceptors (Lipinski definition) is 6. The number of hydrogen-bond donors (Lipinski definition) is 1. The Bertz CT molecular complexity index is 906. The van der Waals surface area contributed by atoms with Gasteiger partial charge in [-0.1, -0.05) is 49.3 Å². The van der Waals surface area contributed by atoms with Crippen molar-refractivity contribution >= 4 is 11.9 Å². The number of carbonyl (C=O) groups is 2. The molecule has 0 spiro atoms. The molecule has 1 aromatic carbocycles. The molecule has 1 N–H and O–H groups in total. The lowest BCUT2D eigenvalue weighted by molar-refractivity contribution is -0.222. The highest BCUT2D eigenvalue weighted by Gasteiger charge is 2.44. The number of unbranched alkanes of at least 4 members (excludes halogenated alkanes) is 1. The maximum atomic E-state index is 12.8. The van der Waals surface area contributed by atoms with Gasteiger partial charge in [0.05, 0.1) is 12.8 Å². The molecule has 2 aromatic rings. The molecule has 31 heavy (non-hydrogen) atoms. The van der Waals surface area contributed by atoms with Gasteiger partial charge < -0.3 is 14.4 Å². The quantitative estimate of drug-likeness (QED) is 0.415. The molecule has 0 saturated carbocycles. The summed E-state index contributed by atoms with van der Waals surface area (Å²) in [5.41, 5.74) is 1.82. The van der Waals surface area contributed by atoms with Crippen LogP contribution >= 0.6 is 0 Å². The molecule has 0 aliphatic carbocycles. The number of benzene rings is 1. The van der Waals surface area contributed by atoms with Crippen molar-refractivity contribution < 1.29 is 37.1 Å². The minimum Gasteiger partial charge on any atom is -0.481 e. The summed E-state index contributed by atoms with van der Waals surface area (Å²) in [5, 5.41) is 12.4. The van der Waals surface area contributed by atoms with Crippen molar-refractivity contribution in [1.82, 2.24) is 10.1 Å². The van der Waals surface area contributed by atoms with Crippen LogP contribution in [0.1, 0.15) is 49.0 Å². The zero-order valence-corrected chi connectivity index (χ0v) is 16.9. The van der Waals surface area contributed by atoms with E-state index in [9.17, 15) is 22.8 Å². The molecule has 0 aliphatic rings. The fourth-order valence-corrected chi connectivity index (χ4v) is 2.67. The fourth-order valence-electron chi connectivity index (χ4n) is 2.67. The van der Waals surface area contributed by atoms with E-state index < -0.39 is 30.6 Å². The van der Waals surface area contributed by atoms with Crippen LogP contribution in [0.2, 0.25) is 0 Å². The van der Waals surface area contributed by atoms with Crippen molar-refractivity contribution in [1.29, 1.82) is 0 Å². The Morgan fingerprint density at radius 1 is 1.23 bits per heavy atom. The zero-order valence-electron chi connectivity index (χ0n) is 16.9. The van der Waals surface area contributed by atoms with Gasteiger partial charge in [-0.25, -0.2) is 4.79 Å². The van der Waals surface area contributed by atoms with Crippen LogP contribution in [0.25, 0.3) is 0 Å². The SMILES string of the molecule is C=C(Cc1nc(Cc2ccc(CCCC)cc2)no1)C(=O)O[C@@H](CC(=O)O)C(F)(F)F. The summed E-state index contributed by atoms with van der Waals surface area (Å²) in [6, 6.07) is 7.96. The van der Waals surface area contributed by atoms with E-state index in [1.54, 1.807) is 0 Å². The number of carboxylic acid groups (broad SMARTS) is 1. The molecule has 0 saturated heterocycles. The molecular formula is C21H23F3N2O5. The lowest BCUT2D eigenvalue weighted by Gasteiger charge is -2.19. The lowest BCUT2D eigenvalue weighted by Crippen LogP contribution is -2.36. The van der Waals surface area contributed by atoms with Gasteiger partial charge in [-0.15, -0.1) is 0 Å². The van der Waals surface area contributed by atoms with Crippen molar-refractivity contribution in [3.8, 4) is 0 Å².